The standard InChI is InChI=1S/C13H30N2O2/c1-11(2)14-9-13(5,16)10-15(6)7-8-17-12(3)4/h11-12,14,16H,7-10H2,1-6H3. The lowest BCUT2D eigenvalue weighted by atomic mass is 10.1. The zero-order chi connectivity index (χ0) is 13.5. The summed E-state index contributed by atoms with van der Waals surface area (Å²) in [4.78, 5) is 2.10. The van der Waals surface area contributed by atoms with Gasteiger partial charge in [0.05, 0.1) is 18.3 Å². The average Bonchev–Trinajstić information content (AvgIpc) is 2.13. The van der Waals surface area contributed by atoms with Gasteiger partial charge in [-0.3, -0.25) is 0 Å². The van der Waals surface area contributed by atoms with Crippen LogP contribution in [-0.4, -0.2) is 61.0 Å². The molecule has 0 aliphatic rings. The Morgan fingerprint density at radius 2 is 1.88 bits per heavy atom. The zero-order valence-electron chi connectivity index (χ0n) is 12.3. The van der Waals surface area contributed by atoms with Crippen LogP contribution in [0.2, 0.25) is 0 Å². The summed E-state index contributed by atoms with van der Waals surface area (Å²) in [5.74, 6) is 0. The average molecular weight is 246 g/mol. The van der Waals surface area contributed by atoms with Gasteiger partial charge in [-0.2, -0.15) is 0 Å². The largest absolute Gasteiger partial charge is 0.388 e. The summed E-state index contributed by atoms with van der Waals surface area (Å²) in [6, 6.07) is 0.399. The number of aliphatic hydroxyl groups is 1. The van der Waals surface area contributed by atoms with E-state index in [4.69, 9.17) is 4.74 Å². The molecule has 2 N–H and O–H groups in total. The van der Waals surface area contributed by atoms with Crippen molar-refractivity contribution in [2.75, 3.05) is 33.3 Å². The lowest BCUT2D eigenvalue weighted by molar-refractivity contribution is 0.0103. The number of ether oxygens (including phenoxy) is 1. The minimum absolute atomic E-state index is 0.270. The third-order valence-electron chi connectivity index (χ3n) is 2.43. The summed E-state index contributed by atoms with van der Waals surface area (Å²) in [6.07, 6.45) is 0.270. The number of likely N-dealkylation sites (N-methyl/N-ethyl adjacent to an activating group) is 1. The third-order valence-corrected chi connectivity index (χ3v) is 2.43. The molecule has 104 valence electrons. The Bertz CT molecular complexity index is 194. The Morgan fingerprint density at radius 3 is 2.35 bits per heavy atom. The summed E-state index contributed by atoms with van der Waals surface area (Å²) in [7, 11) is 2.01. The number of hydrogen-bond donors (Lipinski definition) is 2. The first kappa shape index (κ1) is 16.8. The van der Waals surface area contributed by atoms with Gasteiger partial charge in [0, 0.05) is 25.7 Å². The molecule has 0 saturated heterocycles. The molecule has 0 fully saturated rings. The van der Waals surface area contributed by atoms with Crippen LogP contribution in [0.4, 0.5) is 0 Å². The fraction of sp³-hybridized carbons (Fsp3) is 1.00. The lowest BCUT2D eigenvalue weighted by Crippen LogP contribution is -2.48. The lowest BCUT2D eigenvalue weighted by Gasteiger charge is -2.30. The summed E-state index contributed by atoms with van der Waals surface area (Å²) in [5, 5.41) is 13.5. The molecule has 0 bridgehead atoms. The number of hydrogen-bond acceptors (Lipinski definition) is 4. The molecule has 4 heteroatoms. The predicted molar refractivity (Wildman–Crippen MR) is 72.3 cm³/mol. The summed E-state index contributed by atoms with van der Waals surface area (Å²) in [5.41, 5.74) is -0.698. The van der Waals surface area contributed by atoms with Gasteiger partial charge >= 0.3 is 0 Å². The second kappa shape index (κ2) is 8.03. The van der Waals surface area contributed by atoms with Crippen LogP contribution in [0.15, 0.2) is 0 Å². The second-order valence-electron chi connectivity index (χ2n) is 5.69. The first-order valence-corrected chi connectivity index (χ1v) is 6.49. The molecular formula is C13H30N2O2. The normalized spacial score (nSPS) is 15.9. The maximum absolute atomic E-state index is 10.2. The van der Waals surface area contributed by atoms with E-state index in [9.17, 15) is 5.11 Å². The van der Waals surface area contributed by atoms with E-state index in [0.717, 1.165) is 6.54 Å². The van der Waals surface area contributed by atoms with Crippen molar-refractivity contribution in [3.05, 3.63) is 0 Å². The van der Waals surface area contributed by atoms with E-state index in [1.54, 1.807) is 0 Å². The minimum atomic E-state index is -0.698. The van der Waals surface area contributed by atoms with Gasteiger partial charge in [0.2, 0.25) is 0 Å². The van der Waals surface area contributed by atoms with Gasteiger partial charge < -0.3 is 20.1 Å². The van der Waals surface area contributed by atoms with Crippen LogP contribution in [-0.2, 0) is 4.74 Å². The molecule has 0 aromatic carbocycles. The molecule has 0 saturated carbocycles. The van der Waals surface area contributed by atoms with E-state index in [0.29, 0.717) is 25.7 Å². The third kappa shape index (κ3) is 10.7. The molecule has 0 aromatic heterocycles. The van der Waals surface area contributed by atoms with Gasteiger partial charge in [0.1, 0.15) is 0 Å². The minimum Gasteiger partial charge on any atom is -0.388 e. The highest BCUT2D eigenvalue weighted by Gasteiger charge is 2.22. The van der Waals surface area contributed by atoms with Crippen LogP contribution in [0.1, 0.15) is 34.6 Å². The van der Waals surface area contributed by atoms with E-state index in [2.05, 4.69) is 24.1 Å². The Kier molecular flexibility index (Phi) is 7.96. The van der Waals surface area contributed by atoms with Crippen LogP contribution in [0, 0.1) is 0 Å². The van der Waals surface area contributed by atoms with Gasteiger partial charge in [0.15, 0.2) is 0 Å². The van der Waals surface area contributed by atoms with Crippen molar-refractivity contribution in [1.29, 1.82) is 0 Å². The molecular weight excluding hydrogens is 216 g/mol. The Labute approximate surface area is 106 Å². The summed E-state index contributed by atoms with van der Waals surface area (Å²) in [6.45, 7) is 12.9. The van der Waals surface area contributed by atoms with Gasteiger partial charge in [-0.15, -0.1) is 0 Å². The van der Waals surface area contributed by atoms with Crippen molar-refractivity contribution in [2.45, 2.75) is 52.4 Å². The topological polar surface area (TPSA) is 44.7 Å². The molecule has 0 heterocycles. The molecule has 0 radical (unpaired) electrons. The van der Waals surface area contributed by atoms with Crippen LogP contribution >= 0.6 is 0 Å². The number of rotatable bonds is 9. The molecule has 4 nitrogen and oxygen atoms in total. The molecule has 17 heavy (non-hydrogen) atoms. The van der Waals surface area contributed by atoms with E-state index >= 15 is 0 Å². The maximum atomic E-state index is 10.2. The molecule has 0 spiro atoms. The smallest absolute Gasteiger partial charge is 0.0869 e. The summed E-state index contributed by atoms with van der Waals surface area (Å²) < 4.78 is 5.49. The van der Waals surface area contributed by atoms with Crippen LogP contribution in [0.3, 0.4) is 0 Å². The zero-order valence-corrected chi connectivity index (χ0v) is 12.3. The quantitative estimate of drug-likeness (QED) is 0.639. The highest BCUT2D eigenvalue weighted by atomic mass is 16.5. The SMILES string of the molecule is CC(C)NCC(C)(O)CN(C)CCOC(C)C. The van der Waals surface area contributed by atoms with Crippen molar-refractivity contribution < 1.29 is 9.84 Å². The molecule has 0 aliphatic carbocycles. The number of nitrogens with one attached hydrogen (secondary N) is 1. The fourth-order valence-corrected chi connectivity index (χ4v) is 1.58. The molecule has 1 unspecified atom stereocenters. The molecule has 1 atom stereocenters. The van der Waals surface area contributed by atoms with E-state index in [-0.39, 0.29) is 6.10 Å². The van der Waals surface area contributed by atoms with Gasteiger partial charge in [-0.1, -0.05) is 13.8 Å². The van der Waals surface area contributed by atoms with Gasteiger partial charge in [-0.25, -0.2) is 0 Å². The van der Waals surface area contributed by atoms with Crippen molar-refractivity contribution in [3.8, 4) is 0 Å². The van der Waals surface area contributed by atoms with Crippen LogP contribution in [0.25, 0.3) is 0 Å². The first-order valence-electron chi connectivity index (χ1n) is 6.49. The molecule has 0 aromatic rings. The van der Waals surface area contributed by atoms with Crippen LogP contribution < -0.4 is 5.32 Å². The summed E-state index contributed by atoms with van der Waals surface area (Å²) >= 11 is 0. The predicted octanol–water partition coefficient (Wildman–Crippen LogP) is 1.09. The van der Waals surface area contributed by atoms with E-state index in [1.165, 1.54) is 0 Å². The van der Waals surface area contributed by atoms with Gasteiger partial charge in [0.25, 0.3) is 0 Å². The molecule has 0 aliphatic heterocycles. The second-order valence-corrected chi connectivity index (χ2v) is 5.69. The highest BCUT2D eigenvalue weighted by Crippen LogP contribution is 2.04. The monoisotopic (exact) mass is 246 g/mol. The Morgan fingerprint density at radius 1 is 1.29 bits per heavy atom. The molecule has 0 rings (SSSR count). The Balaban J connectivity index is 3.79. The van der Waals surface area contributed by atoms with E-state index in [1.807, 2.05) is 27.8 Å². The van der Waals surface area contributed by atoms with Crippen molar-refractivity contribution in [3.63, 3.8) is 0 Å². The number of nitrogens with zero attached hydrogens (tertiary/aromatic N) is 1. The van der Waals surface area contributed by atoms with Crippen molar-refractivity contribution in [1.82, 2.24) is 10.2 Å². The van der Waals surface area contributed by atoms with Crippen molar-refractivity contribution in [2.24, 2.45) is 0 Å². The van der Waals surface area contributed by atoms with Crippen molar-refractivity contribution >= 4 is 0 Å². The van der Waals surface area contributed by atoms with Crippen LogP contribution in [0.5, 0.6) is 0 Å². The maximum Gasteiger partial charge on any atom is 0.0869 e. The first-order chi connectivity index (χ1) is 7.73. The highest BCUT2D eigenvalue weighted by molar-refractivity contribution is 4.79. The Hall–Kier alpha value is -0.160. The van der Waals surface area contributed by atoms with E-state index < -0.39 is 5.60 Å². The molecule has 0 amide bonds. The fourth-order valence-electron chi connectivity index (χ4n) is 1.58. The van der Waals surface area contributed by atoms with Gasteiger partial charge in [-0.05, 0) is 27.8 Å².